The van der Waals surface area contributed by atoms with Crippen molar-refractivity contribution in [1.29, 1.82) is 0 Å². The summed E-state index contributed by atoms with van der Waals surface area (Å²) < 4.78 is 2.81. The third-order valence-corrected chi connectivity index (χ3v) is 5.00. The zero-order chi connectivity index (χ0) is 12.5. The number of aromatic nitrogens is 3. The number of nitrogens with one attached hydrogen (secondary N) is 1. The quantitative estimate of drug-likeness (QED) is 0.940. The number of rotatable bonds is 3. The molecule has 0 radical (unpaired) electrons. The van der Waals surface area contributed by atoms with Gasteiger partial charge < -0.3 is 5.32 Å². The van der Waals surface area contributed by atoms with Crippen LogP contribution in [0.5, 0.6) is 0 Å². The van der Waals surface area contributed by atoms with Crippen LogP contribution in [0.2, 0.25) is 0 Å². The first-order chi connectivity index (χ1) is 8.76. The maximum absolute atomic E-state index is 4.50. The summed E-state index contributed by atoms with van der Waals surface area (Å²) in [6, 6.07) is 4.44. The first-order valence-electron chi connectivity index (χ1n) is 6.07. The van der Waals surface area contributed by atoms with E-state index in [1.807, 2.05) is 30.1 Å². The molecule has 0 aromatic carbocycles. The van der Waals surface area contributed by atoms with E-state index in [9.17, 15) is 0 Å². The second kappa shape index (κ2) is 5.09. The van der Waals surface area contributed by atoms with Crippen LogP contribution in [-0.4, -0.2) is 32.1 Å². The lowest BCUT2D eigenvalue weighted by Crippen LogP contribution is -2.26. The van der Waals surface area contributed by atoms with Gasteiger partial charge >= 0.3 is 0 Å². The summed E-state index contributed by atoms with van der Waals surface area (Å²) in [5, 5.41) is 8.62. The first-order valence-corrected chi connectivity index (χ1v) is 8.15. The largest absolute Gasteiger partial charge is 0.349 e. The van der Waals surface area contributed by atoms with Gasteiger partial charge in [-0.15, -0.1) is 5.10 Å². The number of hydrogen-bond donors (Lipinski definition) is 1. The lowest BCUT2D eigenvalue weighted by atomic mass is 10.2. The summed E-state index contributed by atoms with van der Waals surface area (Å²) >= 11 is 5.37. The van der Waals surface area contributed by atoms with Gasteiger partial charge in [0.1, 0.15) is 0 Å². The van der Waals surface area contributed by atoms with Gasteiger partial charge in [0, 0.05) is 22.0 Å². The van der Waals surface area contributed by atoms with Gasteiger partial charge in [0.05, 0.1) is 0 Å². The summed E-state index contributed by atoms with van der Waals surface area (Å²) in [6.45, 7) is 0. The van der Waals surface area contributed by atoms with Gasteiger partial charge in [-0.05, 0) is 47.2 Å². The van der Waals surface area contributed by atoms with Crippen LogP contribution >= 0.6 is 27.7 Å². The van der Waals surface area contributed by atoms with E-state index in [0.29, 0.717) is 11.3 Å². The minimum Gasteiger partial charge on any atom is -0.349 e. The van der Waals surface area contributed by atoms with Crippen LogP contribution < -0.4 is 5.32 Å². The van der Waals surface area contributed by atoms with Crippen molar-refractivity contribution < 1.29 is 0 Å². The van der Waals surface area contributed by atoms with Crippen molar-refractivity contribution >= 4 is 39.3 Å². The fourth-order valence-electron chi connectivity index (χ4n) is 2.46. The molecule has 0 amide bonds. The Morgan fingerprint density at radius 2 is 2.33 bits per heavy atom. The Morgan fingerprint density at radius 3 is 3.17 bits per heavy atom. The van der Waals surface area contributed by atoms with Crippen LogP contribution in [0.4, 0.5) is 5.95 Å². The number of hydrogen-bond acceptors (Lipinski definition) is 4. The molecule has 1 fully saturated rings. The molecule has 0 aliphatic heterocycles. The van der Waals surface area contributed by atoms with Crippen LogP contribution in [-0.2, 0) is 0 Å². The number of nitrogens with zero attached hydrogens (tertiary/aromatic N) is 3. The van der Waals surface area contributed by atoms with Crippen LogP contribution in [0.3, 0.4) is 0 Å². The van der Waals surface area contributed by atoms with Crippen molar-refractivity contribution in [1.82, 2.24) is 14.6 Å². The summed E-state index contributed by atoms with van der Waals surface area (Å²) in [4.78, 5) is 4.50. The molecule has 4 nitrogen and oxygen atoms in total. The maximum Gasteiger partial charge on any atom is 0.243 e. The monoisotopic (exact) mass is 326 g/mol. The molecule has 96 valence electrons. The Kier molecular flexibility index (Phi) is 3.48. The first kappa shape index (κ1) is 12.3. The van der Waals surface area contributed by atoms with Gasteiger partial charge in [-0.2, -0.15) is 16.7 Å². The molecule has 1 N–H and O–H groups in total. The van der Waals surface area contributed by atoms with Crippen molar-refractivity contribution in [3.63, 3.8) is 0 Å². The smallest absolute Gasteiger partial charge is 0.243 e. The highest BCUT2D eigenvalue weighted by atomic mass is 79.9. The average Bonchev–Trinajstić information content (AvgIpc) is 2.94. The Hall–Kier alpha value is -0.750. The molecule has 0 bridgehead atoms. The molecule has 1 aliphatic rings. The molecule has 0 saturated heterocycles. The van der Waals surface area contributed by atoms with Crippen molar-refractivity contribution in [3.05, 3.63) is 22.8 Å². The lowest BCUT2D eigenvalue weighted by molar-refractivity contribution is 0.755. The molecular formula is C12H15BrN4S. The van der Waals surface area contributed by atoms with E-state index in [1.54, 1.807) is 4.52 Å². The van der Waals surface area contributed by atoms with E-state index < -0.39 is 0 Å². The Balaban J connectivity index is 1.82. The molecule has 2 heterocycles. The zero-order valence-corrected chi connectivity index (χ0v) is 12.5. The second-order valence-corrected chi connectivity index (χ2v) is 6.53. The number of pyridine rings is 1. The predicted octanol–water partition coefficient (Wildman–Crippen LogP) is 3.19. The summed E-state index contributed by atoms with van der Waals surface area (Å²) in [6.07, 6.45) is 7.90. The number of halogens is 1. The molecule has 2 unspecified atom stereocenters. The predicted molar refractivity (Wildman–Crippen MR) is 79.3 cm³/mol. The van der Waals surface area contributed by atoms with Crippen LogP contribution in [0.15, 0.2) is 22.8 Å². The van der Waals surface area contributed by atoms with Crippen LogP contribution in [0, 0.1) is 0 Å². The third kappa shape index (κ3) is 2.36. The molecule has 6 heteroatoms. The average molecular weight is 327 g/mol. The molecule has 2 atom stereocenters. The highest BCUT2D eigenvalue weighted by Gasteiger charge is 2.27. The standard InChI is InChI=1S/C12H15BrN4S/c1-18-10-4-2-3-9(10)14-12-15-11-6-5-8(13)7-17(11)16-12/h5-7,9-10H,2-4H2,1H3,(H,14,16). The molecule has 0 spiro atoms. The molecule has 2 aromatic heterocycles. The van der Waals surface area contributed by atoms with E-state index in [4.69, 9.17) is 0 Å². The third-order valence-electron chi connectivity index (χ3n) is 3.36. The van der Waals surface area contributed by atoms with Crippen molar-refractivity contribution in [2.45, 2.75) is 30.6 Å². The summed E-state index contributed by atoms with van der Waals surface area (Å²) in [7, 11) is 0. The van der Waals surface area contributed by atoms with Crippen LogP contribution in [0.1, 0.15) is 19.3 Å². The van der Waals surface area contributed by atoms with E-state index in [2.05, 4.69) is 37.6 Å². The zero-order valence-electron chi connectivity index (χ0n) is 10.1. The minimum absolute atomic E-state index is 0.501. The molecule has 3 rings (SSSR count). The SMILES string of the molecule is CSC1CCCC1Nc1nc2ccc(Br)cn2n1. The van der Waals surface area contributed by atoms with Gasteiger partial charge in [-0.3, -0.25) is 0 Å². The van der Waals surface area contributed by atoms with E-state index >= 15 is 0 Å². The fraction of sp³-hybridized carbons (Fsp3) is 0.500. The highest BCUT2D eigenvalue weighted by molar-refractivity contribution is 9.10. The van der Waals surface area contributed by atoms with E-state index in [0.717, 1.165) is 16.1 Å². The second-order valence-electron chi connectivity index (χ2n) is 4.54. The molecule has 18 heavy (non-hydrogen) atoms. The Labute approximate surface area is 119 Å². The molecular weight excluding hydrogens is 312 g/mol. The van der Waals surface area contributed by atoms with Gasteiger partial charge in [-0.1, -0.05) is 6.42 Å². The normalized spacial score (nSPS) is 23.7. The van der Waals surface area contributed by atoms with Crippen molar-refractivity contribution in [3.8, 4) is 0 Å². The molecule has 1 aliphatic carbocycles. The fourth-order valence-corrected chi connectivity index (χ4v) is 3.72. The molecule has 1 saturated carbocycles. The number of anilines is 1. The van der Waals surface area contributed by atoms with Crippen molar-refractivity contribution in [2.75, 3.05) is 11.6 Å². The minimum atomic E-state index is 0.501. The lowest BCUT2D eigenvalue weighted by Gasteiger charge is -2.17. The van der Waals surface area contributed by atoms with E-state index in [1.165, 1.54) is 19.3 Å². The Bertz CT molecular complexity index is 556. The van der Waals surface area contributed by atoms with Gasteiger partial charge in [0.2, 0.25) is 5.95 Å². The van der Waals surface area contributed by atoms with Gasteiger partial charge in [0.25, 0.3) is 0 Å². The van der Waals surface area contributed by atoms with Gasteiger partial charge in [0.15, 0.2) is 5.65 Å². The highest BCUT2D eigenvalue weighted by Crippen LogP contribution is 2.30. The topological polar surface area (TPSA) is 42.2 Å². The van der Waals surface area contributed by atoms with E-state index in [-0.39, 0.29) is 0 Å². The number of fused-ring (bicyclic) bond motifs is 1. The van der Waals surface area contributed by atoms with Crippen molar-refractivity contribution in [2.24, 2.45) is 0 Å². The Morgan fingerprint density at radius 1 is 1.44 bits per heavy atom. The maximum atomic E-state index is 4.50. The van der Waals surface area contributed by atoms with Crippen LogP contribution in [0.25, 0.3) is 5.65 Å². The molecule has 2 aromatic rings. The van der Waals surface area contributed by atoms with Gasteiger partial charge in [-0.25, -0.2) is 4.52 Å². The summed E-state index contributed by atoms with van der Waals surface area (Å²) in [5.41, 5.74) is 0.874. The summed E-state index contributed by atoms with van der Waals surface area (Å²) in [5.74, 6) is 0.735. The number of thioether (sulfide) groups is 1.